The SMILES string of the molecule is C#CC(CC)NS(=O)(=O)c1ccc(F)cc1Br. The zero-order valence-corrected chi connectivity index (χ0v) is 11.5. The fourth-order valence-electron chi connectivity index (χ4n) is 1.18. The molecule has 0 spiro atoms. The van der Waals surface area contributed by atoms with Crippen molar-refractivity contribution in [2.75, 3.05) is 0 Å². The number of sulfonamides is 1. The van der Waals surface area contributed by atoms with Crippen molar-refractivity contribution in [2.45, 2.75) is 24.3 Å². The number of hydrogen-bond acceptors (Lipinski definition) is 2. The highest BCUT2D eigenvalue weighted by Gasteiger charge is 2.20. The molecule has 6 heteroatoms. The van der Waals surface area contributed by atoms with Crippen LogP contribution in [0.25, 0.3) is 0 Å². The molecule has 1 aromatic carbocycles. The number of hydrogen-bond donors (Lipinski definition) is 1. The molecular weight excluding hydrogens is 309 g/mol. The van der Waals surface area contributed by atoms with E-state index in [0.717, 1.165) is 12.1 Å². The van der Waals surface area contributed by atoms with Gasteiger partial charge in [-0.15, -0.1) is 6.42 Å². The molecule has 0 aliphatic carbocycles. The molecule has 1 rings (SSSR count). The molecule has 0 aromatic heterocycles. The molecule has 1 atom stereocenters. The fraction of sp³-hybridized carbons (Fsp3) is 0.273. The van der Waals surface area contributed by atoms with E-state index in [1.54, 1.807) is 6.92 Å². The molecule has 0 amide bonds. The molecule has 1 aromatic rings. The van der Waals surface area contributed by atoms with E-state index in [9.17, 15) is 12.8 Å². The molecule has 92 valence electrons. The predicted molar refractivity (Wildman–Crippen MR) is 67.3 cm³/mol. The smallest absolute Gasteiger partial charge is 0.207 e. The van der Waals surface area contributed by atoms with Crippen LogP contribution < -0.4 is 4.72 Å². The van der Waals surface area contributed by atoms with Crippen molar-refractivity contribution in [3.63, 3.8) is 0 Å². The van der Waals surface area contributed by atoms with Crippen molar-refractivity contribution in [2.24, 2.45) is 0 Å². The van der Waals surface area contributed by atoms with Gasteiger partial charge in [-0.1, -0.05) is 12.8 Å². The first-order valence-electron chi connectivity index (χ1n) is 4.84. The average molecular weight is 320 g/mol. The Morgan fingerprint density at radius 1 is 1.59 bits per heavy atom. The molecule has 0 heterocycles. The Morgan fingerprint density at radius 2 is 2.24 bits per heavy atom. The highest BCUT2D eigenvalue weighted by Crippen LogP contribution is 2.22. The lowest BCUT2D eigenvalue weighted by Gasteiger charge is -2.12. The summed E-state index contributed by atoms with van der Waals surface area (Å²) in [6, 6.07) is 2.78. The normalized spacial score (nSPS) is 13.1. The highest BCUT2D eigenvalue weighted by molar-refractivity contribution is 9.10. The van der Waals surface area contributed by atoms with Crippen molar-refractivity contribution >= 4 is 26.0 Å². The van der Waals surface area contributed by atoms with Crippen LogP contribution >= 0.6 is 15.9 Å². The van der Waals surface area contributed by atoms with E-state index in [0.29, 0.717) is 6.42 Å². The third kappa shape index (κ3) is 3.53. The lowest BCUT2D eigenvalue weighted by Crippen LogP contribution is -2.33. The van der Waals surface area contributed by atoms with Gasteiger partial charge >= 0.3 is 0 Å². The van der Waals surface area contributed by atoms with Crippen LogP contribution in [-0.2, 0) is 10.0 Å². The van der Waals surface area contributed by atoms with Crippen molar-refractivity contribution in [3.05, 3.63) is 28.5 Å². The Kier molecular flexibility index (Phi) is 4.69. The number of halogens is 2. The predicted octanol–water partition coefficient (Wildman–Crippen LogP) is 2.28. The van der Waals surface area contributed by atoms with Crippen LogP contribution in [0.3, 0.4) is 0 Å². The minimum absolute atomic E-state index is 0.0346. The molecule has 0 bridgehead atoms. The van der Waals surface area contributed by atoms with Gasteiger partial charge < -0.3 is 0 Å². The zero-order valence-electron chi connectivity index (χ0n) is 9.07. The van der Waals surface area contributed by atoms with E-state index in [1.807, 2.05) is 0 Å². The van der Waals surface area contributed by atoms with Crippen molar-refractivity contribution in [3.8, 4) is 12.3 Å². The first-order valence-corrected chi connectivity index (χ1v) is 7.12. The van der Waals surface area contributed by atoms with Crippen LogP contribution in [0.2, 0.25) is 0 Å². The molecule has 0 radical (unpaired) electrons. The van der Waals surface area contributed by atoms with Gasteiger partial charge in [0.2, 0.25) is 10.0 Å². The van der Waals surface area contributed by atoms with Crippen molar-refractivity contribution < 1.29 is 12.8 Å². The maximum atomic E-state index is 12.9. The van der Waals surface area contributed by atoms with E-state index < -0.39 is 21.9 Å². The third-order valence-corrected chi connectivity index (χ3v) is 4.54. The highest BCUT2D eigenvalue weighted by atomic mass is 79.9. The van der Waals surface area contributed by atoms with E-state index in [2.05, 4.69) is 26.6 Å². The third-order valence-electron chi connectivity index (χ3n) is 2.09. The van der Waals surface area contributed by atoms with Crippen molar-refractivity contribution in [1.82, 2.24) is 4.72 Å². The summed E-state index contributed by atoms with van der Waals surface area (Å²) in [6.45, 7) is 1.77. The van der Waals surface area contributed by atoms with Crippen LogP contribution in [0.15, 0.2) is 27.6 Å². The number of benzene rings is 1. The van der Waals surface area contributed by atoms with E-state index in [-0.39, 0.29) is 9.37 Å². The molecule has 0 saturated carbocycles. The summed E-state index contributed by atoms with van der Waals surface area (Å²) in [4.78, 5) is -0.0346. The van der Waals surface area contributed by atoms with Gasteiger partial charge in [0.25, 0.3) is 0 Å². The maximum Gasteiger partial charge on any atom is 0.242 e. The molecule has 3 nitrogen and oxygen atoms in total. The van der Waals surface area contributed by atoms with Crippen LogP contribution in [-0.4, -0.2) is 14.5 Å². The summed E-state index contributed by atoms with van der Waals surface area (Å²) in [5.74, 6) is 1.81. The number of nitrogens with one attached hydrogen (secondary N) is 1. The quantitative estimate of drug-likeness (QED) is 0.865. The summed E-state index contributed by atoms with van der Waals surface area (Å²) in [5.41, 5.74) is 0. The number of rotatable bonds is 4. The minimum atomic E-state index is -3.74. The molecule has 0 aliphatic rings. The maximum absolute atomic E-state index is 12.9. The van der Waals surface area contributed by atoms with E-state index in [4.69, 9.17) is 6.42 Å². The zero-order chi connectivity index (χ0) is 13.1. The first kappa shape index (κ1) is 14.2. The Balaban J connectivity index is 3.10. The van der Waals surface area contributed by atoms with Gasteiger partial charge in [-0.2, -0.15) is 4.72 Å². The number of terminal acetylenes is 1. The minimum Gasteiger partial charge on any atom is -0.207 e. The first-order chi connectivity index (χ1) is 7.90. The van der Waals surface area contributed by atoms with Gasteiger partial charge in [0.15, 0.2) is 0 Å². The second-order valence-corrected chi connectivity index (χ2v) is 5.86. The molecule has 0 aliphatic heterocycles. The standard InChI is InChI=1S/C11H11BrFNO2S/c1-3-9(4-2)14-17(15,16)11-6-5-8(13)7-10(11)12/h1,5-7,9,14H,4H2,2H3. The van der Waals surface area contributed by atoms with Crippen LogP contribution in [0.4, 0.5) is 4.39 Å². The Morgan fingerprint density at radius 3 is 2.71 bits per heavy atom. The van der Waals surface area contributed by atoms with Gasteiger partial charge in [0.05, 0.1) is 10.9 Å². The second kappa shape index (κ2) is 5.63. The fourth-order valence-corrected chi connectivity index (χ4v) is 3.47. The van der Waals surface area contributed by atoms with Gasteiger partial charge in [-0.05, 0) is 40.5 Å². The molecule has 1 unspecified atom stereocenters. The molecule has 0 fully saturated rings. The van der Waals surface area contributed by atoms with E-state index >= 15 is 0 Å². The van der Waals surface area contributed by atoms with E-state index in [1.165, 1.54) is 6.07 Å². The van der Waals surface area contributed by atoms with Gasteiger partial charge in [-0.25, -0.2) is 12.8 Å². The van der Waals surface area contributed by atoms with Crippen molar-refractivity contribution in [1.29, 1.82) is 0 Å². The van der Waals surface area contributed by atoms with Crippen LogP contribution in [0, 0.1) is 18.2 Å². The Labute approximate surface area is 109 Å². The summed E-state index contributed by atoms with van der Waals surface area (Å²) >= 11 is 3.01. The molecule has 0 saturated heterocycles. The largest absolute Gasteiger partial charge is 0.242 e. The Hall–Kier alpha value is -0.900. The van der Waals surface area contributed by atoms with Gasteiger partial charge in [0.1, 0.15) is 5.82 Å². The van der Waals surface area contributed by atoms with Gasteiger partial charge in [0, 0.05) is 4.47 Å². The van der Waals surface area contributed by atoms with Crippen LogP contribution in [0.5, 0.6) is 0 Å². The van der Waals surface area contributed by atoms with Gasteiger partial charge in [-0.3, -0.25) is 0 Å². The lowest BCUT2D eigenvalue weighted by atomic mass is 10.3. The topological polar surface area (TPSA) is 46.2 Å². The summed E-state index contributed by atoms with van der Waals surface area (Å²) in [6.07, 6.45) is 5.66. The lowest BCUT2D eigenvalue weighted by molar-refractivity contribution is 0.569. The molecule has 1 N–H and O–H groups in total. The second-order valence-electron chi connectivity index (χ2n) is 3.32. The summed E-state index contributed by atoms with van der Waals surface area (Å²) < 4.78 is 39.2. The monoisotopic (exact) mass is 319 g/mol. The summed E-state index contributed by atoms with van der Waals surface area (Å²) in [5, 5.41) is 0. The summed E-state index contributed by atoms with van der Waals surface area (Å²) in [7, 11) is -3.74. The van der Waals surface area contributed by atoms with Crippen LogP contribution in [0.1, 0.15) is 13.3 Å². The average Bonchev–Trinajstić information content (AvgIpc) is 2.25. The Bertz CT molecular complexity index is 551. The molecule has 17 heavy (non-hydrogen) atoms. The molecular formula is C11H11BrFNO2S.